The zero-order chi connectivity index (χ0) is 14.5. The van der Waals surface area contributed by atoms with Gasteiger partial charge in [-0.2, -0.15) is 0 Å². The zero-order valence-electron chi connectivity index (χ0n) is 12.8. The Morgan fingerprint density at radius 3 is 2.60 bits per heavy atom. The molecule has 0 aliphatic carbocycles. The fourth-order valence-corrected chi connectivity index (χ4v) is 2.98. The molecule has 0 N–H and O–H groups in total. The fraction of sp³-hybridized carbons (Fsp3) is 0.300. The summed E-state index contributed by atoms with van der Waals surface area (Å²) < 4.78 is 0. The molecule has 2 aromatic carbocycles. The molecule has 0 amide bonds. The minimum Gasteiger partial charge on any atom is -0.0984 e. The molecule has 0 spiro atoms. The van der Waals surface area contributed by atoms with E-state index in [2.05, 4.69) is 69.8 Å². The molecule has 0 aliphatic rings. The summed E-state index contributed by atoms with van der Waals surface area (Å²) >= 11 is 0. The van der Waals surface area contributed by atoms with Crippen molar-refractivity contribution in [3.63, 3.8) is 0 Å². The lowest BCUT2D eigenvalue weighted by atomic mass is 9.86. The average molecular weight is 264 g/mol. The van der Waals surface area contributed by atoms with Crippen molar-refractivity contribution < 1.29 is 0 Å². The fourth-order valence-electron chi connectivity index (χ4n) is 2.98. The van der Waals surface area contributed by atoms with Gasteiger partial charge in [-0.05, 0) is 46.7 Å². The van der Waals surface area contributed by atoms with Gasteiger partial charge in [-0.1, -0.05) is 75.4 Å². The smallest absolute Gasteiger partial charge is 0.0105 e. The van der Waals surface area contributed by atoms with Crippen molar-refractivity contribution in [1.29, 1.82) is 0 Å². The second-order valence-electron chi connectivity index (χ2n) is 5.41. The SMILES string of the molecule is C=Cc1c(C(C)CCC)cc2ccccc2c1/C=C\C. The van der Waals surface area contributed by atoms with Gasteiger partial charge in [0.25, 0.3) is 0 Å². The summed E-state index contributed by atoms with van der Waals surface area (Å²) in [6.45, 7) is 10.7. The second kappa shape index (κ2) is 6.56. The largest absolute Gasteiger partial charge is 0.0984 e. The summed E-state index contributed by atoms with van der Waals surface area (Å²) in [6.07, 6.45) is 8.77. The lowest BCUT2D eigenvalue weighted by Crippen LogP contribution is -1.99. The van der Waals surface area contributed by atoms with Gasteiger partial charge in [0.15, 0.2) is 0 Å². The standard InChI is InChI=1S/C20H24/c1-5-10-15(4)20-14-16-12-8-9-13-18(16)19(11-6-2)17(20)7-3/h6-9,11-15H,3,5,10H2,1-2,4H3/b11-6-. The Hall–Kier alpha value is -1.82. The molecule has 0 nitrogen and oxygen atoms in total. The third kappa shape index (κ3) is 2.70. The molecule has 0 fully saturated rings. The summed E-state index contributed by atoms with van der Waals surface area (Å²) in [7, 11) is 0. The van der Waals surface area contributed by atoms with Crippen molar-refractivity contribution in [3.05, 3.63) is 59.7 Å². The first-order chi connectivity index (χ1) is 9.72. The van der Waals surface area contributed by atoms with E-state index in [1.807, 2.05) is 6.08 Å². The van der Waals surface area contributed by atoms with Gasteiger partial charge in [-0.15, -0.1) is 0 Å². The van der Waals surface area contributed by atoms with Gasteiger partial charge < -0.3 is 0 Å². The molecular weight excluding hydrogens is 240 g/mol. The minimum absolute atomic E-state index is 0.571. The number of benzene rings is 2. The average Bonchev–Trinajstić information content (AvgIpc) is 2.47. The molecule has 1 atom stereocenters. The van der Waals surface area contributed by atoms with Crippen LogP contribution in [-0.2, 0) is 0 Å². The summed E-state index contributed by atoms with van der Waals surface area (Å²) in [5, 5.41) is 2.64. The molecule has 0 radical (unpaired) electrons. The maximum Gasteiger partial charge on any atom is -0.0105 e. The van der Waals surface area contributed by atoms with E-state index in [0.717, 1.165) is 0 Å². The van der Waals surface area contributed by atoms with Gasteiger partial charge in [-0.3, -0.25) is 0 Å². The number of allylic oxidation sites excluding steroid dienone is 1. The van der Waals surface area contributed by atoms with Gasteiger partial charge in [-0.25, -0.2) is 0 Å². The highest BCUT2D eigenvalue weighted by molar-refractivity contribution is 5.95. The van der Waals surface area contributed by atoms with Crippen molar-refractivity contribution in [2.75, 3.05) is 0 Å². The Morgan fingerprint density at radius 1 is 1.20 bits per heavy atom. The predicted molar refractivity (Wildman–Crippen MR) is 92.1 cm³/mol. The van der Waals surface area contributed by atoms with Crippen molar-refractivity contribution in [1.82, 2.24) is 0 Å². The lowest BCUT2D eigenvalue weighted by Gasteiger charge is -2.18. The van der Waals surface area contributed by atoms with Crippen molar-refractivity contribution in [2.24, 2.45) is 0 Å². The molecule has 20 heavy (non-hydrogen) atoms. The van der Waals surface area contributed by atoms with Crippen LogP contribution in [0, 0.1) is 0 Å². The van der Waals surface area contributed by atoms with Crippen LogP contribution in [0.25, 0.3) is 22.9 Å². The Labute approximate surface area is 122 Å². The normalized spacial score (nSPS) is 12.9. The molecule has 1 unspecified atom stereocenters. The Morgan fingerprint density at radius 2 is 1.95 bits per heavy atom. The van der Waals surface area contributed by atoms with Crippen molar-refractivity contribution in [3.8, 4) is 0 Å². The number of fused-ring (bicyclic) bond motifs is 1. The maximum atomic E-state index is 4.05. The third-order valence-corrected chi connectivity index (χ3v) is 3.95. The Kier molecular flexibility index (Phi) is 4.79. The summed E-state index contributed by atoms with van der Waals surface area (Å²) in [6, 6.07) is 11.0. The third-order valence-electron chi connectivity index (χ3n) is 3.95. The molecule has 2 aromatic rings. The van der Waals surface area contributed by atoms with Gasteiger partial charge in [0.2, 0.25) is 0 Å². The van der Waals surface area contributed by atoms with E-state index >= 15 is 0 Å². The quantitative estimate of drug-likeness (QED) is 0.584. The van der Waals surface area contributed by atoms with E-state index in [4.69, 9.17) is 0 Å². The number of rotatable bonds is 5. The lowest BCUT2D eigenvalue weighted by molar-refractivity contribution is 0.664. The van der Waals surface area contributed by atoms with Gasteiger partial charge in [0, 0.05) is 0 Å². The highest BCUT2D eigenvalue weighted by atomic mass is 14.2. The predicted octanol–water partition coefficient (Wildman–Crippen LogP) is 6.42. The van der Waals surface area contributed by atoms with E-state index in [0.29, 0.717) is 5.92 Å². The molecule has 0 saturated carbocycles. The highest BCUT2D eigenvalue weighted by Crippen LogP contribution is 2.34. The maximum absolute atomic E-state index is 4.05. The molecular formula is C20H24. The first kappa shape index (κ1) is 14.6. The molecule has 104 valence electrons. The van der Waals surface area contributed by atoms with E-state index in [9.17, 15) is 0 Å². The van der Waals surface area contributed by atoms with Crippen LogP contribution in [0.3, 0.4) is 0 Å². The Bertz CT molecular complexity index is 632. The van der Waals surface area contributed by atoms with Gasteiger partial charge in [0.1, 0.15) is 0 Å². The number of hydrogen-bond acceptors (Lipinski definition) is 0. The molecule has 0 heteroatoms. The Balaban J connectivity index is 2.77. The van der Waals surface area contributed by atoms with Crippen LogP contribution in [0.4, 0.5) is 0 Å². The summed E-state index contributed by atoms with van der Waals surface area (Å²) in [5.74, 6) is 0.571. The first-order valence-corrected chi connectivity index (χ1v) is 7.53. The van der Waals surface area contributed by atoms with Gasteiger partial charge in [0.05, 0.1) is 0 Å². The van der Waals surface area contributed by atoms with Crippen LogP contribution in [0.5, 0.6) is 0 Å². The summed E-state index contributed by atoms with van der Waals surface area (Å²) in [5.41, 5.74) is 4.02. The van der Waals surface area contributed by atoms with Crippen LogP contribution in [0.15, 0.2) is 43.0 Å². The van der Waals surface area contributed by atoms with Crippen molar-refractivity contribution in [2.45, 2.75) is 39.5 Å². The highest BCUT2D eigenvalue weighted by Gasteiger charge is 2.13. The zero-order valence-corrected chi connectivity index (χ0v) is 12.8. The van der Waals surface area contributed by atoms with E-state index < -0.39 is 0 Å². The number of hydrogen-bond donors (Lipinski definition) is 0. The molecule has 0 aromatic heterocycles. The van der Waals surface area contributed by atoms with Gasteiger partial charge >= 0.3 is 0 Å². The molecule has 0 aliphatic heterocycles. The molecule has 0 saturated heterocycles. The minimum atomic E-state index is 0.571. The van der Waals surface area contributed by atoms with Crippen molar-refractivity contribution >= 4 is 22.9 Å². The van der Waals surface area contributed by atoms with Crippen LogP contribution < -0.4 is 0 Å². The van der Waals surface area contributed by atoms with E-state index in [-0.39, 0.29) is 0 Å². The molecule has 0 bridgehead atoms. The molecule has 2 rings (SSSR count). The summed E-state index contributed by atoms with van der Waals surface area (Å²) in [4.78, 5) is 0. The van der Waals surface area contributed by atoms with Crippen LogP contribution in [0.2, 0.25) is 0 Å². The van der Waals surface area contributed by atoms with E-state index in [1.165, 1.54) is 40.3 Å². The first-order valence-electron chi connectivity index (χ1n) is 7.53. The topological polar surface area (TPSA) is 0 Å². The van der Waals surface area contributed by atoms with Crippen LogP contribution >= 0.6 is 0 Å². The second-order valence-corrected chi connectivity index (χ2v) is 5.41. The van der Waals surface area contributed by atoms with E-state index in [1.54, 1.807) is 0 Å². The van der Waals surface area contributed by atoms with Crippen LogP contribution in [0.1, 0.15) is 56.2 Å². The monoisotopic (exact) mass is 264 g/mol. The van der Waals surface area contributed by atoms with Crippen LogP contribution in [-0.4, -0.2) is 0 Å². The molecule has 0 heterocycles.